The molecule has 0 aliphatic carbocycles. The topological polar surface area (TPSA) is 23.5 Å². The van der Waals surface area contributed by atoms with Crippen LogP contribution in [0.2, 0.25) is 0 Å². The monoisotopic (exact) mass is 285 g/mol. The fraction of sp³-hybridized carbons (Fsp3) is 1.00. The van der Waals surface area contributed by atoms with Gasteiger partial charge in [0.25, 0.3) is 0 Å². The third-order valence-electron chi connectivity index (χ3n) is 4.07. The van der Waals surface area contributed by atoms with Crippen molar-refractivity contribution in [2.75, 3.05) is 13.1 Å². The fourth-order valence-corrected chi connectivity index (χ4v) is 2.69. The van der Waals surface area contributed by atoms with Crippen LogP contribution in [-0.2, 0) is 0 Å². The van der Waals surface area contributed by atoms with E-state index in [4.69, 9.17) is 0 Å². The minimum Gasteiger partial charge on any atom is -0.378 e. The summed E-state index contributed by atoms with van der Waals surface area (Å²) < 4.78 is 0. The van der Waals surface area contributed by atoms with Crippen LogP contribution in [0, 0.1) is 0 Å². The molecule has 20 heavy (non-hydrogen) atoms. The lowest BCUT2D eigenvalue weighted by Crippen LogP contribution is -2.36. The third-order valence-corrected chi connectivity index (χ3v) is 4.07. The van der Waals surface area contributed by atoms with Crippen LogP contribution in [0.15, 0.2) is 0 Å². The predicted molar refractivity (Wildman–Crippen MR) is 90.0 cm³/mol. The van der Waals surface area contributed by atoms with E-state index in [1.165, 1.54) is 64.2 Å². The van der Waals surface area contributed by atoms with Gasteiger partial charge in [-0.1, -0.05) is 78.6 Å². The molecule has 122 valence electrons. The average molecular weight is 286 g/mol. The molecule has 0 aromatic rings. The van der Waals surface area contributed by atoms with Crippen molar-refractivity contribution in [2.45, 2.75) is 104 Å². The first-order valence-corrected chi connectivity index (χ1v) is 9.18. The molecule has 0 rings (SSSR count). The highest BCUT2D eigenvalue weighted by atomic mass is 16.3. The maximum absolute atomic E-state index is 10.2. The van der Waals surface area contributed by atoms with Gasteiger partial charge in [0.15, 0.2) is 0 Å². The van der Waals surface area contributed by atoms with E-state index in [0.29, 0.717) is 0 Å². The lowest BCUT2D eigenvalue weighted by molar-refractivity contribution is -0.00496. The van der Waals surface area contributed by atoms with Gasteiger partial charge in [-0.3, -0.25) is 4.90 Å². The number of hydrogen-bond donors (Lipinski definition) is 1. The first kappa shape index (κ1) is 19.9. The van der Waals surface area contributed by atoms with Crippen molar-refractivity contribution in [2.24, 2.45) is 0 Å². The summed E-state index contributed by atoms with van der Waals surface area (Å²) in [6, 6.07) is 0. The van der Waals surface area contributed by atoms with Gasteiger partial charge in [-0.2, -0.15) is 0 Å². The van der Waals surface area contributed by atoms with Crippen molar-refractivity contribution in [1.29, 1.82) is 0 Å². The van der Waals surface area contributed by atoms with Gasteiger partial charge in [-0.05, 0) is 19.3 Å². The molecule has 0 bridgehead atoms. The second-order valence-corrected chi connectivity index (χ2v) is 6.13. The zero-order valence-electron chi connectivity index (χ0n) is 14.4. The van der Waals surface area contributed by atoms with E-state index in [1.807, 2.05) is 0 Å². The quantitative estimate of drug-likeness (QED) is 0.324. The van der Waals surface area contributed by atoms with Crippen LogP contribution in [0.4, 0.5) is 0 Å². The Labute approximate surface area is 127 Å². The van der Waals surface area contributed by atoms with Crippen molar-refractivity contribution in [3.8, 4) is 0 Å². The van der Waals surface area contributed by atoms with Crippen molar-refractivity contribution >= 4 is 0 Å². The van der Waals surface area contributed by atoms with Crippen LogP contribution in [0.1, 0.15) is 97.8 Å². The van der Waals surface area contributed by atoms with E-state index in [0.717, 1.165) is 25.9 Å². The van der Waals surface area contributed by atoms with Crippen molar-refractivity contribution < 1.29 is 5.11 Å². The summed E-state index contributed by atoms with van der Waals surface area (Å²) >= 11 is 0. The highest BCUT2D eigenvalue weighted by molar-refractivity contribution is 4.63. The van der Waals surface area contributed by atoms with Crippen LogP contribution in [-0.4, -0.2) is 29.3 Å². The summed E-state index contributed by atoms with van der Waals surface area (Å²) in [6.07, 6.45) is 14.9. The minimum atomic E-state index is -0.211. The molecule has 0 aliphatic rings. The molecule has 0 heterocycles. The van der Waals surface area contributed by atoms with Gasteiger partial charge in [0.2, 0.25) is 0 Å². The number of aliphatic hydroxyl groups excluding tert-OH is 1. The van der Waals surface area contributed by atoms with Crippen molar-refractivity contribution in [3.63, 3.8) is 0 Å². The summed E-state index contributed by atoms with van der Waals surface area (Å²) in [6.45, 7) is 8.84. The Morgan fingerprint density at radius 1 is 0.650 bits per heavy atom. The molecule has 0 amide bonds. The van der Waals surface area contributed by atoms with Gasteiger partial charge in [-0.15, -0.1) is 0 Å². The third kappa shape index (κ3) is 11.7. The highest BCUT2D eigenvalue weighted by Crippen LogP contribution is 2.11. The second-order valence-electron chi connectivity index (χ2n) is 6.13. The molecule has 0 radical (unpaired) electrons. The van der Waals surface area contributed by atoms with Gasteiger partial charge in [0.1, 0.15) is 6.23 Å². The summed E-state index contributed by atoms with van der Waals surface area (Å²) in [4.78, 5) is 2.32. The maximum atomic E-state index is 10.2. The Morgan fingerprint density at radius 2 is 1.10 bits per heavy atom. The van der Waals surface area contributed by atoms with Gasteiger partial charge in [0, 0.05) is 13.1 Å². The molecule has 0 saturated carbocycles. The molecule has 1 unspecified atom stereocenters. The van der Waals surface area contributed by atoms with Gasteiger partial charge >= 0.3 is 0 Å². The van der Waals surface area contributed by atoms with E-state index in [-0.39, 0.29) is 6.23 Å². The highest BCUT2D eigenvalue weighted by Gasteiger charge is 2.13. The molecule has 2 heteroatoms. The summed E-state index contributed by atoms with van der Waals surface area (Å²) in [5.74, 6) is 0. The SMILES string of the molecule is CCCCCCCN(CCCCCCC)C(O)CCC. The Kier molecular flexibility index (Phi) is 15.3. The molecule has 0 aromatic heterocycles. The molecule has 0 aromatic carbocycles. The molecule has 1 N–H and O–H groups in total. The Morgan fingerprint density at radius 3 is 1.50 bits per heavy atom. The number of nitrogens with zero attached hydrogens (tertiary/aromatic N) is 1. The van der Waals surface area contributed by atoms with E-state index in [9.17, 15) is 5.11 Å². The zero-order valence-corrected chi connectivity index (χ0v) is 14.4. The normalized spacial score (nSPS) is 13.1. The van der Waals surface area contributed by atoms with Crippen molar-refractivity contribution in [3.05, 3.63) is 0 Å². The second kappa shape index (κ2) is 15.3. The van der Waals surface area contributed by atoms with Gasteiger partial charge in [-0.25, -0.2) is 0 Å². The zero-order chi connectivity index (χ0) is 15.1. The molecule has 0 fully saturated rings. The Bertz CT molecular complexity index is 170. The largest absolute Gasteiger partial charge is 0.378 e. The summed E-state index contributed by atoms with van der Waals surface area (Å²) in [5.41, 5.74) is 0. The van der Waals surface area contributed by atoms with E-state index in [1.54, 1.807) is 0 Å². The molecule has 1 atom stereocenters. The lowest BCUT2D eigenvalue weighted by Gasteiger charge is -2.27. The number of aliphatic hydroxyl groups is 1. The number of unbranched alkanes of at least 4 members (excludes halogenated alkanes) is 8. The minimum absolute atomic E-state index is 0.211. The number of hydrogen-bond acceptors (Lipinski definition) is 2. The molecular weight excluding hydrogens is 246 g/mol. The van der Waals surface area contributed by atoms with E-state index in [2.05, 4.69) is 25.7 Å². The first-order chi connectivity index (χ1) is 9.76. The molecule has 0 saturated heterocycles. The lowest BCUT2D eigenvalue weighted by atomic mass is 10.1. The molecule has 2 nitrogen and oxygen atoms in total. The van der Waals surface area contributed by atoms with Gasteiger partial charge in [0.05, 0.1) is 0 Å². The van der Waals surface area contributed by atoms with Crippen LogP contribution in [0.3, 0.4) is 0 Å². The summed E-state index contributed by atoms with van der Waals surface area (Å²) in [5, 5.41) is 10.2. The molecule has 0 aliphatic heterocycles. The molecule has 0 spiro atoms. The van der Waals surface area contributed by atoms with Crippen LogP contribution in [0.25, 0.3) is 0 Å². The predicted octanol–water partition coefficient (Wildman–Crippen LogP) is 5.35. The first-order valence-electron chi connectivity index (χ1n) is 9.18. The average Bonchev–Trinajstić information content (AvgIpc) is 2.44. The van der Waals surface area contributed by atoms with Crippen LogP contribution in [0.5, 0.6) is 0 Å². The molecular formula is C18H39NO. The Balaban J connectivity index is 3.82. The Hall–Kier alpha value is -0.0800. The van der Waals surface area contributed by atoms with E-state index < -0.39 is 0 Å². The maximum Gasteiger partial charge on any atom is 0.107 e. The van der Waals surface area contributed by atoms with Crippen LogP contribution < -0.4 is 0 Å². The van der Waals surface area contributed by atoms with E-state index >= 15 is 0 Å². The fourth-order valence-electron chi connectivity index (χ4n) is 2.69. The standard InChI is InChI=1S/C18H39NO/c1-4-7-9-11-13-16-19(18(20)15-6-3)17-14-12-10-8-5-2/h18,20H,4-17H2,1-3H3. The van der Waals surface area contributed by atoms with Crippen LogP contribution >= 0.6 is 0 Å². The number of rotatable bonds is 15. The van der Waals surface area contributed by atoms with Crippen molar-refractivity contribution in [1.82, 2.24) is 4.90 Å². The summed E-state index contributed by atoms with van der Waals surface area (Å²) in [7, 11) is 0. The smallest absolute Gasteiger partial charge is 0.107 e. The van der Waals surface area contributed by atoms with Gasteiger partial charge < -0.3 is 5.11 Å².